The Morgan fingerprint density at radius 3 is 2.24 bits per heavy atom. The zero-order valence-electron chi connectivity index (χ0n) is 23.7. The molecule has 3 aromatic carbocycles. The average Bonchev–Trinajstić information content (AvgIpc) is 2.99. The molecule has 0 amide bonds. The van der Waals surface area contributed by atoms with Crippen LogP contribution in [0.15, 0.2) is 96.4 Å². The molecule has 2 unspecified atom stereocenters. The predicted molar refractivity (Wildman–Crippen MR) is 170 cm³/mol. The number of nitrogens with zero attached hydrogens (tertiary/aromatic N) is 2. The van der Waals surface area contributed by atoms with Gasteiger partial charge in [-0.05, 0) is 67.0 Å². The number of aliphatic hydroxyl groups is 1. The van der Waals surface area contributed by atoms with Gasteiger partial charge in [0, 0.05) is 34.2 Å². The van der Waals surface area contributed by atoms with Crippen molar-refractivity contribution < 1.29 is 10.2 Å². The van der Waals surface area contributed by atoms with E-state index in [-0.39, 0.29) is 11.0 Å². The molecule has 6 heteroatoms. The zero-order valence-corrected chi connectivity index (χ0v) is 25.2. The molecule has 4 aromatic rings. The van der Waals surface area contributed by atoms with Crippen molar-refractivity contribution in [2.24, 2.45) is 0 Å². The number of halogens is 2. The van der Waals surface area contributed by atoms with Crippen LogP contribution >= 0.6 is 23.2 Å². The van der Waals surface area contributed by atoms with E-state index in [0.717, 1.165) is 22.3 Å². The second-order valence-corrected chi connectivity index (χ2v) is 10.7. The first-order valence-corrected chi connectivity index (χ1v) is 14.4. The number of fused-ring (bicyclic) bond motifs is 1. The molecule has 1 aromatic heterocycles. The van der Waals surface area contributed by atoms with Gasteiger partial charge < -0.3 is 15.1 Å². The van der Waals surface area contributed by atoms with Crippen molar-refractivity contribution >= 4 is 34.9 Å². The van der Waals surface area contributed by atoms with Crippen molar-refractivity contribution in [1.82, 2.24) is 9.88 Å². The summed E-state index contributed by atoms with van der Waals surface area (Å²) < 4.78 is 0. The first kappa shape index (κ1) is 30.4. The molecular formula is C35H34Cl2N2O2. The van der Waals surface area contributed by atoms with Crippen LogP contribution in [0.25, 0.3) is 22.8 Å². The van der Waals surface area contributed by atoms with Crippen molar-refractivity contribution in [3.05, 3.63) is 129 Å². The molecule has 2 N–H and O–H groups in total. The maximum Gasteiger partial charge on any atom is 0.216 e. The topological polar surface area (TPSA) is 56.6 Å². The summed E-state index contributed by atoms with van der Waals surface area (Å²) >= 11 is 12.7. The van der Waals surface area contributed by atoms with Gasteiger partial charge in [-0.1, -0.05) is 115 Å². The van der Waals surface area contributed by atoms with Crippen molar-refractivity contribution in [2.75, 3.05) is 20.6 Å². The quantitative estimate of drug-likeness (QED) is 0.161. The Bertz CT molecular complexity index is 1600. The first-order valence-electron chi connectivity index (χ1n) is 13.7. The lowest BCUT2D eigenvalue weighted by Gasteiger charge is -2.40. The number of aromatic nitrogens is 1. The Hall–Kier alpha value is -3.59. The highest BCUT2D eigenvalue weighted by Gasteiger charge is 2.45. The van der Waals surface area contributed by atoms with E-state index in [2.05, 4.69) is 16.4 Å². The fourth-order valence-electron chi connectivity index (χ4n) is 5.15. The van der Waals surface area contributed by atoms with E-state index in [0.29, 0.717) is 34.7 Å². The number of pyridine rings is 1. The minimum Gasteiger partial charge on any atom is -0.493 e. The Kier molecular flexibility index (Phi) is 9.91. The number of rotatable bonds is 8. The molecule has 1 aliphatic carbocycles. The molecule has 41 heavy (non-hydrogen) atoms. The summed E-state index contributed by atoms with van der Waals surface area (Å²) in [5, 5.41) is 25.0. The third-order valence-electron chi connectivity index (χ3n) is 7.09. The van der Waals surface area contributed by atoms with Gasteiger partial charge in [-0.25, -0.2) is 4.98 Å². The molecule has 0 saturated carbocycles. The highest BCUT2D eigenvalue weighted by atomic mass is 35.5. The first-order chi connectivity index (χ1) is 19.8. The van der Waals surface area contributed by atoms with E-state index < -0.39 is 11.5 Å². The number of aromatic hydroxyl groups is 1. The third-order valence-corrected chi connectivity index (χ3v) is 7.63. The van der Waals surface area contributed by atoms with Gasteiger partial charge in [-0.15, -0.1) is 0 Å². The standard InChI is InChI=1S/C33H28Cl2N2O2.C2H6/c1-37(2)20-19-33(39,29-14-8-12-22-9-6-7-13-26(22)29)30(24-10-4-3-5-11-24)28-21-27(31(35)36-32(28)38)23-15-17-25(34)18-16-23;1-2/h3-7,9-13,15-18,21,30,39H,19-20H2,1-2H3,(H,36,38);1-2H3. The van der Waals surface area contributed by atoms with Crippen LogP contribution in [-0.4, -0.2) is 46.3 Å². The van der Waals surface area contributed by atoms with Gasteiger partial charge in [0.15, 0.2) is 0 Å². The second-order valence-electron chi connectivity index (χ2n) is 9.94. The Labute approximate surface area is 252 Å². The minimum absolute atomic E-state index is 0.160. The molecule has 0 fully saturated rings. The largest absolute Gasteiger partial charge is 0.493 e. The van der Waals surface area contributed by atoms with E-state index in [1.54, 1.807) is 12.1 Å². The van der Waals surface area contributed by atoms with E-state index in [1.807, 2.05) is 112 Å². The number of benzene rings is 3. The monoisotopic (exact) mass is 584 g/mol. The molecule has 0 aliphatic heterocycles. The second kappa shape index (κ2) is 13.4. The predicted octanol–water partition coefficient (Wildman–Crippen LogP) is 8.47. The Morgan fingerprint density at radius 2 is 1.56 bits per heavy atom. The highest BCUT2D eigenvalue weighted by molar-refractivity contribution is 6.32. The van der Waals surface area contributed by atoms with Gasteiger partial charge >= 0.3 is 0 Å². The molecular weight excluding hydrogens is 551 g/mol. The summed E-state index contributed by atoms with van der Waals surface area (Å²) in [6, 6.07) is 26.7. The number of hydrogen-bond acceptors (Lipinski definition) is 4. The molecule has 2 atom stereocenters. The van der Waals surface area contributed by atoms with Crippen LogP contribution in [0.5, 0.6) is 5.88 Å². The zero-order chi connectivity index (χ0) is 29.6. The fraction of sp³-hybridized carbons (Fsp3) is 0.229. The summed E-state index contributed by atoms with van der Waals surface area (Å²) in [6.07, 6.45) is 2.22. The minimum atomic E-state index is -1.49. The van der Waals surface area contributed by atoms with Crippen LogP contribution < -0.4 is 0 Å². The normalized spacial score (nSPS) is 14.0. The molecule has 5 rings (SSSR count). The van der Waals surface area contributed by atoms with Gasteiger partial charge in [-0.3, -0.25) is 0 Å². The lowest BCUT2D eigenvalue weighted by Crippen LogP contribution is -2.41. The summed E-state index contributed by atoms with van der Waals surface area (Å²) in [7, 11) is 3.94. The molecule has 1 aliphatic rings. The molecule has 210 valence electrons. The number of hydrogen-bond donors (Lipinski definition) is 2. The smallest absolute Gasteiger partial charge is 0.216 e. The van der Waals surface area contributed by atoms with E-state index in [1.165, 1.54) is 0 Å². The molecule has 1 heterocycles. The van der Waals surface area contributed by atoms with Gasteiger partial charge in [0.05, 0.1) is 0 Å². The van der Waals surface area contributed by atoms with Crippen LogP contribution in [0.1, 0.15) is 48.4 Å². The van der Waals surface area contributed by atoms with Gasteiger partial charge in [-0.2, -0.15) is 0 Å². The van der Waals surface area contributed by atoms with E-state index in [4.69, 9.17) is 23.2 Å². The fourth-order valence-corrected chi connectivity index (χ4v) is 5.52. The van der Waals surface area contributed by atoms with Crippen molar-refractivity contribution in [3.8, 4) is 17.0 Å². The Balaban J connectivity index is 0.00000189. The average molecular weight is 586 g/mol. The van der Waals surface area contributed by atoms with Gasteiger partial charge in [0.25, 0.3) is 0 Å². The van der Waals surface area contributed by atoms with Gasteiger partial charge in [0.2, 0.25) is 5.88 Å². The van der Waals surface area contributed by atoms with Crippen molar-refractivity contribution in [1.29, 1.82) is 0 Å². The lowest BCUT2D eigenvalue weighted by atomic mass is 9.69. The van der Waals surface area contributed by atoms with Crippen molar-refractivity contribution in [2.45, 2.75) is 31.8 Å². The summed E-state index contributed by atoms with van der Waals surface area (Å²) in [5.41, 5.74) is 10.00. The molecule has 0 radical (unpaired) electrons. The van der Waals surface area contributed by atoms with Crippen molar-refractivity contribution in [3.63, 3.8) is 0 Å². The summed E-state index contributed by atoms with van der Waals surface area (Å²) in [4.78, 5) is 6.36. The van der Waals surface area contributed by atoms with Crippen LogP contribution in [-0.2, 0) is 0 Å². The third kappa shape index (κ3) is 6.50. The lowest BCUT2D eigenvalue weighted by molar-refractivity contribution is 0.0659. The molecule has 0 saturated heterocycles. The SMILES string of the molecule is CC.CN(C)CCC(O)(C1=C=C=Cc2ccccc21)C(c1ccccc1)c1cc(-c2ccc(Cl)cc2)c(Cl)nc1O. The van der Waals surface area contributed by atoms with Crippen LogP contribution in [0, 0.1) is 0 Å². The Morgan fingerprint density at radius 1 is 0.902 bits per heavy atom. The molecule has 0 spiro atoms. The highest BCUT2D eigenvalue weighted by Crippen LogP contribution is 2.49. The van der Waals surface area contributed by atoms with Crippen LogP contribution in [0.3, 0.4) is 0 Å². The van der Waals surface area contributed by atoms with Crippen LogP contribution in [0.4, 0.5) is 0 Å². The van der Waals surface area contributed by atoms with Crippen LogP contribution in [0.2, 0.25) is 10.2 Å². The molecule has 4 nitrogen and oxygen atoms in total. The maximum atomic E-state index is 12.9. The summed E-state index contributed by atoms with van der Waals surface area (Å²) in [5.74, 6) is -0.941. The molecule has 0 bridgehead atoms. The van der Waals surface area contributed by atoms with E-state index >= 15 is 0 Å². The van der Waals surface area contributed by atoms with E-state index in [9.17, 15) is 10.2 Å². The van der Waals surface area contributed by atoms with Gasteiger partial charge in [0.1, 0.15) is 10.8 Å². The maximum absolute atomic E-state index is 12.9. The summed E-state index contributed by atoms with van der Waals surface area (Å²) in [6.45, 7) is 4.59.